The molecule has 10 heteroatoms. The van der Waals surface area contributed by atoms with Gasteiger partial charge in [0.05, 0.1) is 23.5 Å². The fourth-order valence-electron chi connectivity index (χ4n) is 5.49. The number of carbonyl (C=O) groups excluding carboxylic acids is 1. The van der Waals surface area contributed by atoms with Crippen LogP contribution in [-0.4, -0.2) is 64.6 Å². The largest absolute Gasteiger partial charge is 0.337 e. The summed E-state index contributed by atoms with van der Waals surface area (Å²) in [7, 11) is 4.10. The molecule has 3 heterocycles. The second-order valence-electron chi connectivity index (χ2n) is 10.7. The molecule has 43 heavy (non-hydrogen) atoms. The van der Waals surface area contributed by atoms with E-state index in [1.807, 2.05) is 31.1 Å². The van der Waals surface area contributed by atoms with E-state index < -0.39 is 11.6 Å². The van der Waals surface area contributed by atoms with Crippen LogP contribution in [0.2, 0.25) is 5.02 Å². The number of halogens is 3. The highest BCUT2D eigenvalue weighted by Gasteiger charge is 2.27. The Kier molecular flexibility index (Phi) is 8.84. The van der Waals surface area contributed by atoms with Crippen molar-refractivity contribution in [1.82, 2.24) is 19.8 Å². The minimum absolute atomic E-state index is 0. The molecule has 1 N–H and O–H groups in total. The second kappa shape index (κ2) is 12.6. The number of benzene rings is 3. The average molecular weight is 603 g/mol. The van der Waals surface area contributed by atoms with Crippen molar-refractivity contribution in [3.05, 3.63) is 106 Å². The van der Waals surface area contributed by atoms with Crippen molar-refractivity contribution in [2.45, 2.75) is 32.9 Å². The van der Waals surface area contributed by atoms with Gasteiger partial charge in [-0.05, 0) is 75.5 Å². The van der Waals surface area contributed by atoms with E-state index in [0.29, 0.717) is 50.6 Å². The molecule has 1 fully saturated rings. The number of likely N-dealkylation sites (N-methyl/N-ethyl adjacent to an activating group) is 1. The Morgan fingerprint density at radius 1 is 1.05 bits per heavy atom. The Morgan fingerprint density at radius 2 is 1.79 bits per heavy atom. The van der Waals surface area contributed by atoms with Crippen LogP contribution in [0.5, 0.6) is 0 Å². The number of aliphatic imine (C=N–C) groups is 1. The molecule has 1 saturated heterocycles. The molecule has 0 radical (unpaired) electrons. The fraction of sp³-hybridized carbons (Fsp3) is 0.273. The number of piperidine rings is 1. The predicted octanol–water partition coefficient (Wildman–Crippen LogP) is 6.97. The number of carbonyl (C=O) groups is 1. The highest BCUT2D eigenvalue weighted by Crippen LogP contribution is 2.35. The Bertz CT molecular complexity index is 1670. The number of likely N-dealkylation sites (tertiary alicyclic amines) is 1. The van der Waals surface area contributed by atoms with Crippen LogP contribution in [0.1, 0.15) is 47.3 Å². The van der Waals surface area contributed by atoms with E-state index in [1.165, 1.54) is 18.2 Å². The van der Waals surface area contributed by atoms with Crippen LogP contribution in [0, 0.1) is 11.6 Å². The lowest BCUT2D eigenvalue weighted by Gasteiger charge is -2.36. The van der Waals surface area contributed by atoms with E-state index in [4.69, 9.17) is 16.6 Å². The lowest BCUT2D eigenvalue weighted by Crippen LogP contribution is -2.47. The van der Waals surface area contributed by atoms with Gasteiger partial charge in [0.15, 0.2) is 0 Å². The van der Waals surface area contributed by atoms with E-state index in [0.717, 1.165) is 25.9 Å². The monoisotopic (exact) mass is 602 g/mol. The molecule has 1 amide bonds. The van der Waals surface area contributed by atoms with Crippen molar-refractivity contribution >= 4 is 34.9 Å². The lowest BCUT2D eigenvalue weighted by atomic mass is 9.95. The van der Waals surface area contributed by atoms with E-state index in [-0.39, 0.29) is 31.2 Å². The fourth-order valence-corrected chi connectivity index (χ4v) is 5.66. The van der Waals surface area contributed by atoms with Crippen LogP contribution >= 0.6 is 11.6 Å². The van der Waals surface area contributed by atoms with Gasteiger partial charge in [0.2, 0.25) is 5.95 Å². The first kappa shape index (κ1) is 30.3. The topological polar surface area (TPSA) is 73.7 Å². The summed E-state index contributed by atoms with van der Waals surface area (Å²) in [5.41, 5.74) is 3.70. The van der Waals surface area contributed by atoms with Crippen molar-refractivity contribution in [2.75, 3.05) is 32.5 Å². The molecule has 2 aliphatic rings. The van der Waals surface area contributed by atoms with Crippen LogP contribution in [0.15, 0.2) is 71.9 Å². The number of nitrogens with zero attached hydrogens (tertiary/aromatic N) is 5. The predicted molar refractivity (Wildman–Crippen MR) is 167 cm³/mol. The van der Waals surface area contributed by atoms with Gasteiger partial charge in [0.25, 0.3) is 5.91 Å². The molecule has 2 aliphatic heterocycles. The maximum absolute atomic E-state index is 14.8. The Labute approximate surface area is 255 Å². The minimum Gasteiger partial charge on any atom is -0.337 e. The van der Waals surface area contributed by atoms with Gasteiger partial charge in [-0.25, -0.2) is 18.7 Å². The third-order valence-corrected chi connectivity index (χ3v) is 8.00. The summed E-state index contributed by atoms with van der Waals surface area (Å²) in [5, 5.41) is 3.62. The number of hydrogen-bond acceptors (Lipinski definition) is 6. The summed E-state index contributed by atoms with van der Waals surface area (Å²) in [5.74, 6) is -1.07. The van der Waals surface area contributed by atoms with Crippen LogP contribution in [0.4, 0.5) is 20.4 Å². The molecule has 0 aliphatic carbocycles. The summed E-state index contributed by atoms with van der Waals surface area (Å²) in [4.78, 5) is 31.0. The second-order valence-corrected chi connectivity index (χ2v) is 11.2. The zero-order valence-corrected chi connectivity index (χ0v) is 24.0. The molecule has 7 nitrogen and oxygen atoms in total. The molecule has 1 atom stereocenters. The lowest BCUT2D eigenvalue weighted by molar-refractivity contribution is 0.0635. The number of anilines is 2. The number of rotatable bonds is 5. The first-order chi connectivity index (χ1) is 20.3. The van der Waals surface area contributed by atoms with Gasteiger partial charge in [-0.15, -0.1) is 0 Å². The summed E-state index contributed by atoms with van der Waals surface area (Å²) in [6.45, 7) is 1.61. The molecule has 1 unspecified atom stereocenters. The zero-order chi connectivity index (χ0) is 29.4. The summed E-state index contributed by atoms with van der Waals surface area (Å²) >= 11 is 6.32. The SMILES string of the molecule is C.CN(C)C1CCCN(C(=O)c2ccc(Nc3ncc4c(n3)-c3ccc(Cl)cc3C(c3c(F)cccc3F)=NC4)cc2)C1. The molecule has 0 spiro atoms. The van der Waals surface area contributed by atoms with Gasteiger partial charge in [0, 0.05) is 58.3 Å². The van der Waals surface area contributed by atoms with E-state index in [1.54, 1.807) is 36.5 Å². The van der Waals surface area contributed by atoms with Crippen LogP contribution in [0.3, 0.4) is 0 Å². The third-order valence-electron chi connectivity index (χ3n) is 7.77. The van der Waals surface area contributed by atoms with Crippen molar-refractivity contribution in [3.63, 3.8) is 0 Å². The van der Waals surface area contributed by atoms with Crippen molar-refractivity contribution < 1.29 is 13.6 Å². The van der Waals surface area contributed by atoms with Gasteiger partial charge in [-0.2, -0.15) is 0 Å². The standard InChI is InChI=1S/C32H29ClF2N6O.CH4/c1-40(2)23-5-4-14-41(18-23)31(42)19-8-11-22(12-9-19)38-32-37-17-20-16-36-30(28-26(34)6-3-7-27(28)35)25-15-21(33)10-13-24(25)29(20)39-32;/h3,6-13,15,17,23H,4-5,14,16,18H2,1-2H3,(H,37,38,39);1H4. The smallest absolute Gasteiger partial charge is 0.253 e. The normalized spacial score (nSPS) is 16.0. The number of amides is 1. The molecular formula is C33H33ClF2N6O. The number of hydrogen-bond donors (Lipinski definition) is 1. The molecule has 0 saturated carbocycles. The maximum Gasteiger partial charge on any atom is 0.253 e. The highest BCUT2D eigenvalue weighted by molar-refractivity contribution is 6.31. The van der Waals surface area contributed by atoms with E-state index >= 15 is 0 Å². The van der Waals surface area contributed by atoms with Crippen LogP contribution in [0.25, 0.3) is 11.3 Å². The summed E-state index contributed by atoms with van der Waals surface area (Å²) in [6, 6.07) is 16.5. The zero-order valence-electron chi connectivity index (χ0n) is 23.2. The van der Waals surface area contributed by atoms with E-state index in [9.17, 15) is 13.6 Å². The first-order valence-electron chi connectivity index (χ1n) is 13.8. The van der Waals surface area contributed by atoms with E-state index in [2.05, 4.69) is 20.2 Å². The van der Waals surface area contributed by atoms with Crippen molar-refractivity contribution in [1.29, 1.82) is 0 Å². The Balaban J connectivity index is 0.00000368. The summed E-state index contributed by atoms with van der Waals surface area (Å²) in [6.07, 6.45) is 3.73. The van der Waals surface area contributed by atoms with Gasteiger partial charge in [-0.3, -0.25) is 9.79 Å². The Hall–Kier alpha value is -4.21. The quantitative estimate of drug-likeness (QED) is 0.267. The first-order valence-corrected chi connectivity index (χ1v) is 14.1. The van der Waals surface area contributed by atoms with Gasteiger partial charge >= 0.3 is 0 Å². The molecule has 1 aromatic heterocycles. The number of nitrogens with one attached hydrogen (secondary N) is 1. The molecule has 6 rings (SSSR count). The van der Waals surface area contributed by atoms with Gasteiger partial charge in [0.1, 0.15) is 11.6 Å². The Morgan fingerprint density at radius 3 is 2.51 bits per heavy atom. The highest BCUT2D eigenvalue weighted by atomic mass is 35.5. The van der Waals surface area contributed by atoms with Gasteiger partial charge in [-0.1, -0.05) is 31.2 Å². The molecule has 0 bridgehead atoms. The maximum atomic E-state index is 14.8. The summed E-state index contributed by atoms with van der Waals surface area (Å²) < 4.78 is 29.6. The minimum atomic E-state index is -0.709. The molecule has 3 aromatic carbocycles. The van der Waals surface area contributed by atoms with Crippen LogP contribution in [-0.2, 0) is 6.54 Å². The third kappa shape index (κ3) is 6.14. The molecular weight excluding hydrogens is 570 g/mol. The van der Waals surface area contributed by atoms with Crippen molar-refractivity contribution in [2.24, 2.45) is 4.99 Å². The number of fused-ring (bicyclic) bond motifs is 3. The number of aromatic nitrogens is 2. The van der Waals surface area contributed by atoms with Crippen LogP contribution < -0.4 is 5.32 Å². The van der Waals surface area contributed by atoms with Crippen molar-refractivity contribution in [3.8, 4) is 11.3 Å². The van der Waals surface area contributed by atoms with Gasteiger partial charge < -0.3 is 15.1 Å². The average Bonchev–Trinajstić information content (AvgIpc) is 3.14. The molecule has 222 valence electrons. The molecule has 4 aromatic rings.